The standard InChI is InChI=1S/C11H9ClFNO2/c12-9-3-1-2-7(11(9)13)5-14-6-8(15)4-10(14)16/h1-3H,4-6H2. The fraction of sp³-hybridized carbons (Fsp3) is 0.273. The van der Waals surface area contributed by atoms with Gasteiger partial charge in [0.15, 0.2) is 5.78 Å². The second kappa shape index (κ2) is 4.22. The number of ketones is 1. The molecule has 0 bridgehead atoms. The van der Waals surface area contributed by atoms with E-state index < -0.39 is 5.82 Å². The minimum atomic E-state index is -0.531. The predicted molar refractivity (Wildman–Crippen MR) is 56.5 cm³/mol. The Kier molecular flexibility index (Phi) is 2.92. The van der Waals surface area contributed by atoms with Crippen LogP contribution in [-0.4, -0.2) is 23.1 Å². The summed E-state index contributed by atoms with van der Waals surface area (Å²) in [5.74, 6) is -0.923. The van der Waals surface area contributed by atoms with Crippen molar-refractivity contribution in [3.63, 3.8) is 0 Å². The molecule has 0 radical (unpaired) electrons. The van der Waals surface area contributed by atoms with Gasteiger partial charge in [0.05, 0.1) is 18.0 Å². The summed E-state index contributed by atoms with van der Waals surface area (Å²) in [6, 6.07) is 4.61. The highest BCUT2D eigenvalue weighted by Crippen LogP contribution is 2.20. The van der Waals surface area contributed by atoms with Gasteiger partial charge >= 0.3 is 0 Å². The lowest BCUT2D eigenvalue weighted by atomic mass is 10.2. The van der Waals surface area contributed by atoms with Gasteiger partial charge in [0.2, 0.25) is 5.91 Å². The van der Waals surface area contributed by atoms with Gasteiger partial charge in [0.25, 0.3) is 0 Å². The molecule has 1 saturated heterocycles. The first kappa shape index (κ1) is 11.1. The van der Waals surface area contributed by atoms with Crippen molar-refractivity contribution in [2.75, 3.05) is 6.54 Å². The van der Waals surface area contributed by atoms with Gasteiger partial charge in [-0.25, -0.2) is 4.39 Å². The molecule has 1 aromatic rings. The van der Waals surface area contributed by atoms with Crippen LogP contribution in [0.2, 0.25) is 5.02 Å². The Labute approximate surface area is 96.8 Å². The van der Waals surface area contributed by atoms with Gasteiger partial charge in [0.1, 0.15) is 5.82 Å². The van der Waals surface area contributed by atoms with Crippen LogP contribution in [-0.2, 0) is 16.1 Å². The summed E-state index contributed by atoms with van der Waals surface area (Å²) in [5, 5.41) is 0.0236. The molecule has 2 rings (SSSR count). The molecule has 84 valence electrons. The highest BCUT2D eigenvalue weighted by Gasteiger charge is 2.27. The van der Waals surface area contributed by atoms with Crippen molar-refractivity contribution in [1.82, 2.24) is 4.90 Å². The molecule has 1 aromatic carbocycles. The van der Waals surface area contributed by atoms with Gasteiger partial charge < -0.3 is 4.90 Å². The van der Waals surface area contributed by atoms with Crippen molar-refractivity contribution in [3.05, 3.63) is 34.6 Å². The van der Waals surface area contributed by atoms with E-state index in [1.165, 1.54) is 11.0 Å². The second-order valence-corrected chi connectivity index (χ2v) is 4.09. The normalized spacial score (nSPS) is 16.0. The van der Waals surface area contributed by atoms with Crippen LogP contribution in [0.5, 0.6) is 0 Å². The number of carbonyl (C=O) groups is 2. The van der Waals surface area contributed by atoms with Crippen molar-refractivity contribution in [2.24, 2.45) is 0 Å². The summed E-state index contributed by atoms with van der Waals surface area (Å²) in [4.78, 5) is 23.7. The van der Waals surface area contributed by atoms with Crippen LogP contribution in [0.15, 0.2) is 18.2 Å². The Balaban J connectivity index is 2.18. The molecule has 1 aliphatic rings. The fourth-order valence-electron chi connectivity index (χ4n) is 1.66. The first-order valence-electron chi connectivity index (χ1n) is 4.80. The Morgan fingerprint density at radius 1 is 1.38 bits per heavy atom. The number of likely N-dealkylation sites (tertiary alicyclic amines) is 1. The van der Waals surface area contributed by atoms with Crippen molar-refractivity contribution in [3.8, 4) is 0 Å². The highest BCUT2D eigenvalue weighted by atomic mass is 35.5. The van der Waals surface area contributed by atoms with E-state index in [1.54, 1.807) is 12.1 Å². The second-order valence-electron chi connectivity index (χ2n) is 3.68. The van der Waals surface area contributed by atoms with Crippen LogP contribution in [0.3, 0.4) is 0 Å². The maximum Gasteiger partial charge on any atom is 0.230 e. The van der Waals surface area contributed by atoms with Gasteiger partial charge in [-0.1, -0.05) is 23.7 Å². The maximum absolute atomic E-state index is 13.5. The molecule has 1 heterocycles. The van der Waals surface area contributed by atoms with E-state index >= 15 is 0 Å². The van der Waals surface area contributed by atoms with Gasteiger partial charge in [-0.2, -0.15) is 0 Å². The van der Waals surface area contributed by atoms with Crippen molar-refractivity contribution < 1.29 is 14.0 Å². The molecule has 0 atom stereocenters. The number of hydrogen-bond donors (Lipinski definition) is 0. The minimum Gasteiger partial charge on any atom is -0.331 e. The summed E-state index contributed by atoms with van der Waals surface area (Å²) < 4.78 is 13.5. The van der Waals surface area contributed by atoms with E-state index in [1.807, 2.05) is 0 Å². The predicted octanol–water partition coefficient (Wildman–Crippen LogP) is 1.78. The quantitative estimate of drug-likeness (QED) is 0.741. The van der Waals surface area contributed by atoms with Gasteiger partial charge in [-0.15, -0.1) is 0 Å². The number of amides is 1. The SMILES string of the molecule is O=C1CC(=O)N(Cc2cccc(Cl)c2F)C1. The molecule has 0 aliphatic carbocycles. The monoisotopic (exact) mass is 241 g/mol. The summed E-state index contributed by atoms with van der Waals surface area (Å²) in [6.45, 7) is 0.155. The molecule has 0 spiro atoms. The molecular weight excluding hydrogens is 233 g/mol. The number of benzene rings is 1. The molecule has 1 fully saturated rings. The average Bonchev–Trinajstić information content (AvgIpc) is 2.53. The third kappa shape index (κ3) is 2.07. The topological polar surface area (TPSA) is 37.4 Å². The van der Waals surface area contributed by atoms with Gasteiger partial charge in [-0.3, -0.25) is 9.59 Å². The third-order valence-electron chi connectivity index (χ3n) is 2.46. The molecule has 5 heteroatoms. The maximum atomic E-state index is 13.5. The van der Waals surface area contributed by atoms with Crippen molar-refractivity contribution in [2.45, 2.75) is 13.0 Å². The Bertz CT molecular complexity index is 461. The first-order valence-corrected chi connectivity index (χ1v) is 5.18. The zero-order chi connectivity index (χ0) is 11.7. The van der Waals surface area contributed by atoms with Crippen LogP contribution in [0.4, 0.5) is 4.39 Å². The van der Waals surface area contributed by atoms with Gasteiger partial charge in [-0.05, 0) is 6.07 Å². The molecular formula is C11H9ClFNO2. The van der Waals surface area contributed by atoms with E-state index in [2.05, 4.69) is 0 Å². The van der Waals surface area contributed by atoms with Crippen molar-refractivity contribution in [1.29, 1.82) is 0 Å². The summed E-state index contributed by atoms with van der Waals surface area (Å²) in [7, 11) is 0. The largest absolute Gasteiger partial charge is 0.331 e. The lowest BCUT2D eigenvalue weighted by molar-refractivity contribution is -0.128. The van der Waals surface area contributed by atoms with Crippen LogP contribution in [0.1, 0.15) is 12.0 Å². The molecule has 16 heavy (non-hydrogen) atoms. The van der Waals surface area contributed by atoms with Crippen LogP contribution in [0.25, 0.3) is 0 Å². The first-order chi connectivity index (χ1) is 7.58. The molecule has 3 nitrogen and oxygen atoms in total. The van der Waals surface area contributed by atoms with E-state index in [9.17, 15) is 14.0 Å². The average molecular weight is 242 g/mol. The zero-order valence-electron chi connectivity index (χ0n) is 8.37. The summed E-state index contributed by atoms with van der Waals surface area (Å²) >= 11 is 5.62. The molecule has 1 amide bonds. The van der Waals surface area contributed by atoms with Gasteiger partial charge in [0, 0.05) is 12.1 Å². The van der Waals surface area contributed by atoms with Crippen LogP contribution in [0, 0.1) is 5.82 Å². The fourth-order valence-corrected chi connectivity index (χ4v) is 1.85. The van der Waals surface area contributed by atoms with Crippen LogP contribution < -0.4 is 0 Å². The minimum absolute atomic E-state index is 0.0236. The zero-order valence-corrected chi connectivity index (χ0v) is 9.13. The lowest BCUT2D eigenvalue weighted by Crippen LogP contribution is -2.25. The Morgan fingerprint density at radius 3 is 2.75 bits per heavy atom. The lowest BCUT2D eigenvalue weighted by Gasteiger charge is -2.15. The number of rotatable bonds is 2. The summed E-state index contributed by atoms with van der Waals surface area (Å²) in [5.41, 5.74) is 0.329. The van der Waals surface area contributed by atoms with E-state index in [0.717, 1.165) is 0 Å². The number of halogens is 2. The molecule has 1 aliphatic heterocycles. The van der Waals surface area contributed by atoms with Crippen LogP contribution >= 0.6 is 11.6 Å². The van der Waals surface area contributed by atoms with E-state index in [0.29, 0.717) is 5.56 Å². The molecule has 0 saturated carbocycles. The number of nitrogens with zero attached hydrogens (tertiary/aromatic N) is 1. The molecule has 0 N–H and O–H groups in total. The highest BCUT2D eigenvalue weighted by molar-refractivity contribution is 6.30. The molecule has 0 unspecified atom stereocenters. The Hall–Kier alpha value is -1.42. The third-order valence-corrected chi connectivity index (χ3v) is 2.75. The van der Waals surface area contributed by atoms with Crippen molar-refractivity contribution >= 4 is 23.3 Å². The number of Topliss-reactive ketones (excluding diaryl/α,β-unsaturated/α-hetero) is 1. The van der Waals surface area contributed by atoms with E-state index in [4.69, 9.17) is 11.6 Å². The number of carbonyl (C=O) groups excluding carboxylic acids is 2. The molecule has 0 aromatic heterocycles. The number of hydrogen-bond acceptors (Lipinski definition) is 2. The van der Waals surface area contributed by atoms with E-state index in [-0.39, 0.29) is 36.2 Å². The Morgan fingerprint density at radius 2 is 2.12 bits per heavy atom. The summed E-state index contributed by atoms with van der Waals surface area (Å²) in [6.07, 6.45) is -0.0812. The smallest absolute Gasteiger partial charge is 0.230 e.